The van der Waals surface area contributed by atoms with Gasteiger partial charge in [-0.25, -0.2) is 9.48 Å². The van der Waals surface area contributed by atoms with Gasteiger partial charge in [-0.3, -0.25) is 5.14 Å². The van der Waals surface area contributed by atoms with E-state index in [1.54, 1.807) is 24.3 Å². The molecule has 0 spiro atoms. The Morgan fingerprint density at radius 1 is 1.24 bits per heavy atom. The Labute approximate surface area is 149 Å². The van der Waals surface area contributed by atoms with Crippen LogP contribution in [0.3, 0.4) is 0 Å². The predicted octanol–water partition coefficient (Wildman–Crippen LogP) is 2.78. The molecule has 128 valence electrons. The molecule has 0 bridgehead atoms. The van der Waals surface area contributed by atoms with E-state index in [0.717, 1.165) is 22.4 Å². The lowest BCUT2D eigenvalue weighted by Gasteiger charge is -2.10. The third-order valence-corrected chi connectivity index (χ3v) is 4.41. The fraction of sp³-hybridized carbons (Fsp3) is 0.111. The molecular formula is C18H17N3O3S. The Hall–Kier alpha value is -2.61. The number of aliphatic hydroxyl groups excluding tert-OH is 1. The van der Waals surface area contributed by atoms with E-state index in [1.807, 2.05) is 30.3 Å². The summed E-state index contributed by atoms with van der Waals surface area (Å²) in [7, 11) is 1.33. The summed E-state index contributed by atoms with van der Waals surface area (Å²) in [6.45, 7) is -0.159. The smallest absolute Gasteiger partial charge is 0.356 e. The Morgan fingerprint density at radius 3 is 2.64 bits per heavy atom. The maximum Gasteiger partial charge on any atom is 0.356 e. The highest BCUT2D eigenvalue weighted by atomic mass is 32.2. The van der Waals surface area contributed by atoms with Gasteiger partial charge in [0.05, 0.1) is 25.1 Å². The summed E-state index contributed by atoms with van der Waals surface area (Å²) >= 11 is 1.06. The fourth-order valence-corrected chi connectivity index (χ4v) is 2.94. The number of rotatable bonds is 5. The van der Waals surface area contributed by atoms with Crippen LogP contribution in [0.2, 0.25) is 0 Å². The molecule has 0 aliphatic heterocycles. The monoisotopic (exact) mass is 355 g/mol. The van der Waals surface area contributed by atoms with E-state index in [9.17, 15) is 9.90 Å². The number of hydrogen-bond acceptors (Lipinski definition) is 6. The van der Waals surface area contributed by atoms with Gasteiger partial charge < -0.3 is 9.84 Å². The van der Waals surface area contributed by atoms with Crippen LogP contribution in [0.15, 0.2) is 59.5 Å². The molecule has 1 aromatic heterocycles. The van der Waals surface area contributed by atoms with Crippen molar-refractivity contribution in [2.45, 2.75) is 11.5 Å². The number of ether oxygens (including phenoxy) is 1. The second-order valence-corrected chi connectivity index (χ2v) is 5.93. The second-order valence-electron chi connectivity index (χ2n) is 5.25. The summed E-state index contributed by atoms with van der Waals surface area (Å²) in [5.74, 6) is -0.488. The Kier molecular flexibility index (Phi) is 5.18. The van der Waals surface area contributed by atoms with E-state index in [1.165, 1.54) is 11.8 Å². The molecule has 3 N–H and O–H groups in total. The Bertz CT molecular complexity index is 894. The number of aromatic nitrogens is 2. The minimum Gasteiger partial charge on any atom is -0.464 e. The van der Waals surface area contributed by atoms with Gasteiger partial charge in [0.15, 0.2) is 5.69 Å². The first kappa shape index (κ1) is 17.2. The number of hydrogen-bond donors (Lipinski definition) is 2. The van der Waals surface area contributed by atoms with Crippen molar-refractivity contribution in [1.29, 1.82) is 0 Å². The number of carbonyl (C=O) groups is 1. The number of nitrogens with zero attached hydrogens (tertiary/aromatic N) is 2. The molecule has 0 unspecified atom stereocenters. The average molecular weight is 355 g/mol. The topological polar surface area (TPSA) is 90.4 Å². The first-order chi connectivity index (χ1) is 12.2. The van der Waals surface area contributed by atoms with Gasteiger partial charge in [-0.1, -0.05) is 30.3 Å². The highest BCUT2D eigenvalue weighted by molar-refractivity contribution is 7.97. The fourth-order valence-electron chi connectivity index (χ4n) is 2.51. The van der Waals surface area contributed by atoms with Gasteiger partial charge in [0.2, 0.25) is 0 Å². The summed E-state index contributed by atoms with van der Waals surface area (Å²) in [5.41, 5.74) is 3.16. The zero-order valence-corrected chi connectivity index (χ0v) is 14.4. The third kappa shape index (κ3) is 3.43. The number of esters is 1. The van der Waals surface area contributed by atoms with Crippen molar-refractivity contribution in [3.63, 3.8) is 0 Å². The average Bonchev–Trinajstić information content (AvgIpc) is 3.13. The van der Waals surface area contributed by atoms with Crippen LogP contribution in [-0.4, -0.2) is 28.0 Å². The van der Waals surface area contributed by atoms with Gasteiger partial charge in [0.25, 0.3) is 0 Å². The van der Waals surface area contributed by atoms with Crippen LogP contribution in [0.5, 0.6) is 0 Å². The molecule has 0 aliphatic carbocycles. The van der Waals surface area contributed by atoms with E-state index in [-0.39, 0.29) is 6.61 Å². The summed E-state index contributed by atoms with van der Waals surface area (Å²) in [5, 5.41) is 19.7. The first-order valence-corrected chi connectivity index (χ1v) is 8.40. The summed E-state index contributed by atoms with van der Waals surface area (Å²) in [4.78, 5) is 12.9. The van der Waals surface area contributed by atoms with E-state index in [0.29, 0.717) is 22.6 Å². The summed E-state index contributed by atoms with van der Waals surface area (Å²) in [6, 6.07) is 16.6. The minimum atomic E-state index is -0.488. The molecular weight excluding hydrogens is 338 g/mol. The highest BCUT2D eigenvalue weighted by Gasteiger charge is 2.18. The van der Waals surface area contributed by atoms with E-state index >= 15 is 0 Å². The van der Waals surface area contributed by atoms with Crippen molar-refractivity contribution in [2.75, 3.05) is 7.11 Å². The lowest BCUT2D eigenvalue weighted by atomic mass is 10.1. The van der Waals surface area contributed by atoms with E-state index in [4.69, 9.17) is 9.88 Å². The Morgan fingerprint density at radius 2 is 2.00 bits per heavy atom. The molecule has 0 radical (unpaired) electrons. The molecule has 3 rings (SSSR count). The van der Waals surface area contributed by atoms with Crippen molar-refractivity contribution >= 4 is 17.9 Å². The van der Waals surface area contributed by atoms with Crippen molar-refractivity contribution in [1.82, 2.24) is 9.78 Å². The molecule has 0 saturated carbocycles. The number of benzene rings is 2. The number of aliphatic hydroxyl groups is 1. The van der Waals surface area contributed by atoms with Crippen LogP contribution >= 0.6 is 11.9 Å². The molecule has 25 heavy (non-hydrogen) atoms. The van der Waals surface area contributed by atoms with Crippen LogP contribution in [0.1, 0.15) is 16.1 Å². The van der Waals surface area contributed by atoms with Crippen LogP contribution in [0.4, 0.5) is 0 Å². The van der Waals surface area contributed by atoms with Gasteiger partial charge in [0.1, 0.15) is 0 Å². The first-order valence-electron chi connectivity index (χ1n) is 7.52. The quantitative estimate of drug-likeness (QED) is 0.540. The predicted molar refractivity (Wildman–Crippen MR) is 96.3 cm³/mol. The van der Waals surface area contributed by atoms with Gasteiger partial charge in [-0.15, -0.1) is 0 Å². The van der Waals surface area contributed by atoms with Crippen molar-refractivity contribution < 1.29 is 14.6 Å². The van der Waals surface area contributed by atoms with Crippen LogP contribution < -0.4 is 5.14 Å². The summed E-state index contributed by atoms with van der Waals surface area (Å²) in [6.07, 6.45) is 0. The van der Waals surface area contributed by atoms with Crippen molar-refractivity contribution in [3.8, 4) is 16.9 Å². The molecule has 6 nitrogen and oxygen atoms in total. The standard InChI is InChI=1S/C18H17N3O3S/c1-24-18(23)16-10-15(12-5-3-2-4-6-12)20-21(16)14-7-8-17(25-19)13(9-14)11-22/h2-10,22H,11,19H2,1H3. The van der Waals surface area contributed by atoms with Crippen LogP contribution in [0, 0.1) is 0 Å². The maximum atomic E-state index is 12.2. The van der Waals surface area contributed by atoms with Gasteiger partial charge in [-0.2, -0.15) is 5.10 Å². The molecule has 0 fully saturated rings. The molecule has 2 aromatic carbocycles. The largest absolute Gasteiger partial charge is 0.464 e. The number of methoxy groups -OCH3 is 1. The van der Waals surface area contributed by atoms with Crippen molar-refractivity contribution in [2.24, 2.45) is 5.14 Å². The molecule has 3 aromatic rings. The summed E-state index contributed by atoms with van der Waals surface area (Å²) < 4.78 is 6.39. The van der Waals surface area contributed by atoms with E-state index < -0.39 is 5.97 Å². The SMILES string of the molecule is COC(=O)c1cc(-c2ccccc2)nn1-c1ccc(SN)c(CO)c1. The zero-order valence-electron chi connectivity index (χ0n) is 13.5. The number of carbonyl (C=O) groups excluding carboxylic acids is 1. The maximum absolute atomic E-state index is 12.2. The van der Waals surface area contributed by atoms with Crippen LogP contribution in [-0.2, 0) is 11.3 Å². The molecule has 0 aliphatic rings. The molecule has 0 saturated heterocycles. The second kappa shape index (κ2) is 7.52. The zero-order chi connectivity index (χ0) is 17.8. The van der Waals surface area contributed by atoms with Gasteiger partial charge >= 0.3 is 5.97 Å². The van der Waals surface area contributed by atoms with Crippen LogP contribution in [0.25, 0.3) is 16.9 Å². The van der Waals surface area contributed by atoms with Gasteiger partial charge in [0, 0.05) is 10.5 Å². The third-order valence-electron chi connectivity index (χ3n) is 3.76. The molecule has 1 heterocycles. The highest BCUT2D eigenvalue weighted by Crippen LogP contribution is 2.25. The Balaban J connectivity index is 2.14. The normalized spacial score (nSPS) is 10.7. The molecule has 7 heteroatoms. The lowest BCUT2D eigenvalue weighted by Crippen LogP contribution is -2.10. The molecule has 0 amide bonds. The lowest BCUT2D eigenvalue weighted by molar-refractivity contribution is 0.0590. The van der Waals surface area contributed by atoms with E-state index in [2.05, 4.69) is 5.10 Å². The van der Waals surface area contributed by atoms with Gasteiger partial charge in [-0.05, 0) is 41.8 Å². The number of nitrogens with two attached hydrogens (primary N) is 1. The minimum absolute atomic E-state index is 0.159. The molecule has 0 atom stereocenters. The van der Waals surface area contributed by atoms with Crippen molar-refractivity contribution in [3.05, 3.63) is 65.9 Å².